The minimum Gasteiger partial charge on any atom is -0.399 e. The van der Waals surface area contributed by atoms with Crippen LogP contribution in [0.25, 0.3) is 0 Å². The Morgan fingerprint density at radius 1 is 0.829 bits per heavy atom. The van der Waals surface area contributed by atoms with Crippen molar-refractivity contribution in [2.24, 2.45) is 0 Å². The molecule has 1 atom stereocenters. The summed E-state index contributed by atoms with van der Waals surface area (Å²) >= 11 is 1.37. The quantitative estimate of drug-likeness (QED) is 0.0879. The fourth-order valence-corrected chi connectivity index (χ4v) is 4.88. The minimum absolute atomic E-state index is 0.0241. The van der Waals surface area contributed by atoms with Gasteiger partial charge in [-0.15, -0.1) is 0 Å². The van der Waals surface area contributed by atoms with Crippen LogP contribution in [0.15, 0.2) is 24.3 Å². The van der Waals surface area contributed by atoms with E-state index >= 15 is 0 Å². The van der Waals surface area contributed by atoms with E-state index in [0.29, 0.717) is 18.8 Å². The monoisotopic (exact) mass is 508 g/mol. The first kappa shape index (κ1) is 31.8. The zero-order valence-corrected chi connectivity index (χ0v) is 23.3. The molecule has 0 aliphatic carbocycles. The van der Waals surface area contributed by atoms with Crippen molar-refractivity contribution in [1.82, 2.24) is 5.32 Å². The molecule has 1 aromatic carbocycles. The molecule has 0 bridgehead atoms. The van der Waals surface area contributed by atoms with Crippen LogP contribution in [0.5, 0.6) is 0 Å². The number of unbranched alkanes of at least 4 members (excludes halogenated alkanes) is 15. The van der Waals surface area contributed by atoms with Crippen molar-refractivity contribution < 1.29 is 14.3 Å². The Morgan fingerprint density at radius 3 is 1.80 bits per heavy atom. The summed E-state index contributed by atoms with van der Waals surface area (Å²) in [5, 5.41) is 2.92. The van der Waals surface area contributed by atoms with Gasteiger partial charge < -0.3 is 20.5 Å². The van der Waals surface area contributed by atoms with Gasteiger partial charge in [-0.3, -0.25) is 4.79 Å². The molecule has 1 aromatic rings. The molecule has 0 aliphatic heterocycles. The maximum atomic E-state index is 12.0. The van der Waals surface area contributed by atoms with Gasteiger partial charge in [-0.25, -0.2) is 0 Å². The van der Waals surface area contributed by atoms with E-state index in [2.05, 4.69) is 12.2 Å². The molecule has 0 saturated carbocycles. The summed E-state index contributed by atoms with van der Waals surface area (Å²) in [5.41, 5.74) is 7.33. The molecule has 0 fully saturated rings. The molecule has 6 heteroatoms. The molecule has 0 aliphatic rings. The van der Waals surface area contributed by atoms with Gasteiger partial charge in [-0.2, -0.15) is 0 Å². The van der Waals surface area contributed by atoms with Gasteiger partial charge in [0.05, 0.1) is 6.61 Å². The molecule has 0 saturated heterocycles. The minimum atomic E-state index is -0.453. The van der Waals surface area contributed by atoms with Crippen molar-refractivity contribution in [1.29, 1.82) is 0 Å². The Labute approximate surface area is 219 Å². The maximum Gasteiger partial charge on any atom is 0.279 e. The Kier molecular flexibility index (Phi) is 21.1. The third kappa shape index (κ3) is 18.7. The first-order valence-electron chi connectivity index (χ1n) is 14.1. The van der Waals surface area contributed by atoms with Crippen LogP contribution in [0.4, 0.5) is 10.5 Å². The molecule has 3 N–H and O–H groups in total. The average molecular weight is 509 g/mol. The van der Waals surface area contributed by atoms with Crippen molar-refractivity contribution in [3.8, 4) is 0 Å². The Morgan fingerprint density at radius 2 is 1.31 bits per heavy atom. The largest absolute Gasteiger partial charge is 0.399 e. The van der Waals surface area contributed by atoms with E-state index < -0.39 is 6.29 Å². The summed E-state index contributed by atoms with van der Waals surface area (Å²) in [5.74, 6) is 0.886. The van der Waals surface area contributed by atoms with E-state index in [9.17, 15) is 4.79 Å². The summed E-state index contributed by atoms with van der Waals surface area (Å²) in [6.45, 7) is 3.15. The smallest absolute Gasteiger partial charge is 0.279 e. The molecule has 0 heterocycles. The highest BCUT2D eigenvalue weighted by Gasteiger charge is 2.10. The molecule has 0 aromatic heterocycles. The fraction of sp³-hybridized carbons (Fsp3) is 0.759. The molecule has 202 valence electrons. The summed E-state index contributed by atoms with van der Waals surface area (Å²) in [6, 6.07) is 7.41. The number of anilines is 1. The summed E-state index contributed by atoms with van der Waals surface area (Å²) in [4.78, 5) is 12.0. The first-order valence-corrected chi connectivity index (χ1v) is 15.1. The lowest BCUT2D eigenvalue weighted by molar-refractivity contribution is -0.126. The van der Waals surface area contributed by atoms with Gasteiger partial charge in [-0.05, 0) is 18.6 Å². The predicted octanol–water partition coefficient (Wildman–Crippen LogP) is 8.63. The van der Waals surface area contributed by atoms with Crippen LogP contribution in [0.1, 0.15) is 122 Å². The number of benzene rings is 1. The number of carbonyl (C=O) groups excluding carboxylic acids is 1. The highest BCUT2D eigenvalue weighted by atomic mass is 32.2. The molecule has 0 radical (unpaired) electrons. The van der Waals surface area contributed by atoms with Crippen molar-refractivity contribution >= 4 is 22.7 Å². The van der Waals surface area contributed by atoms with Crippen LogP contribution in [0.2, 0.25) is 0 Å². The van der Waals surface area contributed by atoms with Crippen LogP contribution < -0.4 is 11.1 Å². The molecule has 35 heavy (non-hydrogen) atoms. The van der Waals surface area contributed by atoms with Crippen LogP contribution in [-0.2, 0) is 9.47 Å². The number of rotatable bonds is 23. The van der Waals surface area contributed by atoms with Crippen molar-refractivity contribution in [3.63, 3.8) is 0 Å². The Bertz CT molecular complexity index is 612. The van der Waals surface area contributed by atoms with Crippen molar-refractivity contribution in [2.75, 3.05) is 31.7 Å². The molecule has 1 amide bonds. The lowest BCUT2D eigenvalue weighted by atomic mass is 10.0. The highest BCUT2D eigenvalue weighted by molar-refractivity contribution is 8.13. The zero-order valence-electron chi connectivity index (χ0n) is 22.5. The second kappa shape index (κ2) is 23.2. The molecule has 1 unspecified atom stereocenters. The Hall–Kier alpha value is -1.24. The molecule has 1 rings (SSSR count). The van der Waals surface area contributed by atoms with Gasteiger partial charge in [0.1, 0.15) is 0 Å². The summed E-state index contributed by atoms with van der Waals surface area (Å²) < 4.78 is 11.1. The number of thioether (sulfide) groups is 1. The van der Waals surface area contributed by atoms with Gasteiger partial charge in [0.15, 0.2) is 6.29 Å². The number of amides is 1. The molecular weight excluding hydrogens is 456 g/mol. The zero-order chi connectivity index (χ0) is 25.4. The number of carbonyl (C=O) groups is 1. The van der Waals surface area contributed by atoms with E-state index in [0.717, 1.165) is 17.7 Å². The summed E-state index contributed by atoms with van der Waals surface area (Å²) in [6.07, 6.45) is 21.4. The van der Waals surface area contributed by atoms with Gasteiger partial charge in [0.25, 0.3) is 5.24 Å². The molecular formula is C29H52N2O3S. The van der Waals surface area contributed by atoms with E-state index in [4.69, 9.17) is 15.2 Å². The number of nitrogen functional groups attached to an aromatic ring is 1. The second-order valence-corrected chi connectivity index (χ2v) is 10.5. The molecule has 0 spiro atoms. The van der Waals surface area contributed by atoms with E-state index in [1.807, 2.05) is 24.3 Å². The van der Waals surface area contributed by atoms with E-state index in [-0.39, 0.29) is 5.24 Å². The highest BCUT2D eigenvalue weighted by Crippen LogP contribution is 2.19. The predicted molar refractivity (Wildman–Crippen MR) is 152 cm³/mol. The Balaban J connectivity index is 1.83. The number of nitrogens with two attached hydrogens (primary N) is 1. The standard InChI is InChI=1S/C29H52N2O3S/c1-3-4-5-6-7-8-9-10-11-12-13-14-15-16-17-18-25-35-29(32)31-23-24-34-28(33-2)26-19-21-27(30)22-20-26/h19-22,28H,3-18,23-25,30H2,1-2H3,(H,31,32). The van der Waals surface area contributed by atoms with E-state index in [1.165, 1.54) is 108 Å². The van der Waals surface area contributed by atoms with Crippen molar-refractivity contribution in [2.45, 2.75) is 116 Å². The number of hydrogen-bond donors (Lipinski definition) is 2. The lowest BCUT2D eigenvalue weighted by Gasteiger charge is -2.17. The van der Waals surface area contributed by atoms with E-state index in [1.54, 1.807) is 7.11 Å². The summed E-state index contributed by atoms with van der Waals surface area (Å²) in [7, 11) is 1.60. The van der Waals surface area contributed by atoms with Crippen LogP contribution in [0, 0.1) is 0 Å². The normalized spacial score (nSPS) is 12.1. The number of methoxy groups -OCH3 is 1. The van der Waals surface area contributed by atoms with Crippen LogP contribution in [0.3, 0.4) is 0 Å². The topological polar surface area (TPSA) is 73.6 Å². The van der Waals surface area contributed by atoms with Crippen molar-refractivity contribution in [3.05, 3.63) is 29.8 Å². The van der Waals surface area contributed by atoms with Gasteiger partial charge in [-0.1, -0.05) is 127 Å². The second-order valence-electron chi connectivity index (χ2n) is 9.47. The maximum absolute atomic E-state index is 12.0. The third-order valence-corrected chi connectivity index (χ3v) is 7.19. The molecule has 5 nitrogen and oxygen atoms in total. The first-order chi connectivity index (χ1) is 17.2. The van der Waals surface area contributed by atoms with Crippen LogP contribution in [-0.4, -0.2) is 31.3 Å². The van der Waals surface area contributed by atoms with Gasteiger partial charge in [0.2, 0.25) is 0 Å². The number of nitrogens with one attached hydrogen (secondary N) is 1. The van der Waals surface area contributed by atoms with Gasteiger partial charge >= 0.3 is 0 Å². The number of hydrogen-bond acceptors (Lipinski definition) is 5. The average Bonchev–Trinajstić information content (AvgIpc) is 2.86. The third-order valence-electron chi connectivity index (χ3n) is 6.29. The SMILES string of the molecule is CCCCCCCCCCCCCCCCCCSC(=O)NCCOC(OC)c1ccc(N)cc1. The van der Waals surface area contributed by atoms with Crippen LogP contribution >= 0.6 is 11.8 Å². The number of ether oxygens (including phenoxy) is 2. The fourth-order valence-electron chi connectivity index (χ4n) is 4.14. The van der Waals surface area contributed by atoms with Gasteiger partial charge in [0, 0.05) is 30.7 Å². The lowest BCUT2D eigenvalue weighted by Crippen LogP contribution is -2.24.